The van der Waals surface area contributed by atoms with Gasteiger partial charge < -0.3 is 16.4 Å². The fraction of sp³-hybridized carbons (Fsp3) is 0.231. The largest absolute Gasteiger partial charge is 0.379 e. The summed E-state index contributed by atoms with van der Waals surface area (Å²) >= 11 is 6.78. The van der Waals surface area contributed by atoms with Gasteiger partial charge in [0.2, 0.25) is 0 Å². The lowest BCUT2D eigenvalue weighted by molar-refractivity contribution is 0.667. The number of hydrogen-bond acceptors (Lipinski definition) is 5. The summed E-state index contributed by atoms with van der Waals surface area (Å²) in [4.78, 5) is 5.16. The molecule has 1 aromatic carbocycles. The van der Waals surface area contributed by atoms with E-state index in [4.69, 9.17) is 18.0 Å². The van der Waals surface area contributed by atoms with Crippen LogP contribution in [0.25, 0.3) is 0 Å². The summed E-state index contributed by atoms with van der Waals surface area (Å²) < 4.78 is 0.647. The molecule has 1 unspecified atom stereocenters. The van der Waals surface area contributed by atoms with Gasteiger partial charge in [-0.25, -0.2) is 0 Å². The third-order valence-corrected chi connectivity index (χ3v) is 3.74. The topological polar surface area (TPSA) is 62.4 Å². The van der Waals surface area contributed by atoms with Crippen LogP contribution in [-0.2, 0) is 0 Å². The summed E-state index contributed by atoms with van der Waals surface area (Å²) in [6, 6.07) is 8.21. The Morgan fingerprint density at radius 3 is 2.84 bits per heavy atom. The van der Waals surface area contributed by atoms with Crippen LogP contribution in [0.15, 0.2) is 46.1 Å². The number of nitrogens with two attached hydrogens (primary N) is 1. The van der Waals surface area contributed by atoms with Crippen molar-refractivity contribution in [2.24, 2.45) is 10.7 Å². The van der Waals surface area contributed by atoms with Gasteiger partial charge in [-0.05, 0) is 19.1 Å². The molecule has 0 saturated carbocycles. The van der Waals surface area contributed by atoms with Gasteiger partial charge in [0.05, 0.1) is 12.2 Å². The molecule has 1 aliphatic heterocycles. The molecule has 1 heterocycles. The Morgan fingerprint density at radius 2 is 2.21 bits per heavy atom. The summed E-state index contributed by atoms with van der Waals surface area (Å²) in [6.45, 7) is 2.75. The maximum absolute atomic E-state index is 6.01. The number of aryl methyl sites for hydroxylation is 1. The van der Waals surface area contributed by atoms with Crippen molar-refractivity contribution in [2.45, 2.75) is 18.0 Å². The van der Waals surface area contributed by atoms with Crippen LogP contribution in [0.4, 0.5) is 0 Å². The first-order valence-electron chi connectivity index (χ1n) is 5.91. The maximum atomic E-state index is 6.01. The van der Waals surface area contributed by atoms with Crippen LogP contribution < -0.4 is 16.4 Å². The van der Waals surface area contributed by atoms with Crippen molar-refractivity contribution in [3.63, 3.8) is 0 Å². The third-order valence-electron chi connectivity index (χ3n) is 2.56. The first kappa shape index (κ1) is 14.0. The van der Waals surface area contributed by atoms with Gasteiger partial charge in [0, 0.05) is 17.3 Å². The second kappa shape index (κ2) is 6.70. The van der Waals surface area contributed by atoms with E-state index in [1.54, 1.807) is 12.4 Å². The lowest BCUT2D eigenvalue weighted by Crippen LogP contribution is -2.45. The third kappa shape index (κ3) is 4.34. The van der Waals surface area contributed by atoms with E-state index < -0.39 is 0 Å². The van der Waals surface area contributed by atoms with E-state index in [9.17, 15) is 0 Å². The van der Waals surface area contributed by atoms with Crippen LogP contribution in [0, 0.1) is 6.92 Å². The Hall–Kier alpha value is -1.37. The average molecular weight is 292 g/mol. The Balaban J connectivity index is 1.88. The smallest absolute Gasteiger partial charge is 0.140 e. The van der Waals surface area contributed by atoms with Crippen LogP contribution in [-0.4, -0.2) is 23.2 Å². The highest BCUT2D eigenvalue weighted by atomic mass is 32.2. The molecule has 0 aromatic heterocycles. The van der Waals surface area contributed by atoms with E-state index in [-0.39, 0.29) is 6.17 Å². The van der Waals surface area contributed by atoms with Crippen molar-refractivity contribution >= 4 is 34.5 Å². The molecule has 0 fully saturated rings. The molecule has 2 rings (SSSR count). The van der Waals surface area contributed by atoms with Crippen molar-refractivity contribution in [1.82, 2.24) is 10.6 Å². The molecular weight excluding hydrogens is 276 g/mol. The summed E-state index contributed by atoms with van der Waals surface area (Å²) in [5, 5.41) is 6.23. The maximum Gasteiger partial charge on any atom is 0.140 e. The number of rotatable bonds is 3. The van der Waals surface area contributed by atoms with Gasteiger partial charge in [-0.1, -0.05) is 41.7 Å². The quantitative estimate of drug-likeness (QED) is 0.450. The van der Waals surface area contributed by atoms with Crippen molar-refractivity contribution in [1.29, 1.82) is 0 Å². The molecule has 0 spiro atoms. The molecule has 1 aromatic rings. The van der Waals surface area contributed by atoms with Gasteiger partial charge in [0.15, 0.2) is 0 Å². The standard InChI is InChI=1S/C13H16N4S2/c1-9-2-4-10(5-3-9)19-13(18)17-12(14)11-8-15-6-7-16-11/h2-6,8,12,16H,7,14H2,1H3,(H,17,18). The molecule has 0 amide bonds. The van der Waals surface area contributed by atoms with Crippen molar-refractivity contribution in [2.75, 3.05) is 6.54 Å². The number of benzene rings is 1. The summed E-state index contributed by atoms with van der Waals surface area (Å²) in [5.41, 5.74) is 8.08. The summed E-state index contributed by atoms with van der Waals surface area (Å²) in [7, 11) is 0. The average Bonchev–Trinajstić information content (AvgIpc) is 2.42. The van der Waals surface area contributed by atoms with E-state index >= 15 is 0 Å². The Kier molecular flexibility index (Phi) is 4.95. The van der Waals surface area contributed by atoms with Gasteiger partial charge >= 0.3 is 0 Å². The van der Waals surface area contributed by atoms with E-state index in [2.05, 4.69) is 34.7 Å². The molecule has 4 N–H and O–H groups in total. The van der Waals surface area contributed by atoms with Crippen LogP contribution >= 0.6 is 24.0 Å². The Labute approximate surface area is 122 Å². The fourth-order valence-corrected chi connectivity index (χ4v) is 2.62. The predicted octanol–water partition coefficient (Wildman–Crippen LogP) is 1.76. The van der Waals surface area contributed by atoms with Crippen molar-refractivity contribution in [3.05, 3.63) is 41.7 Å². The van der Waals surface area contributed by atoms with Gasteiger partial charge in [-0.2, -0.15) is 0 Å². The molecule has 0 radical (unpaired) electrons. The monoisotopic (exact) mass is 292 g/mol. The summed E-state index contributed by atoms with van der Waals surface area (Å²) in [6.07, 6.45) is 3.14. The Bertz CT molecular complexity index is 508. The minimum absolute atomic E-state index is 0.358. The zero-order valence-electron chi connectivity index (χ0n) is 10.6. The second-order valence-electron chi connectivity index (χ2n) is 4.12. The molecule has 19 heavy (non-hydrogen) atoms. The number of thioether (sulfide) groups is 1. The first-order chi connectivity index (χ1) is 9.15. The number of nitrogens with zero attached hydrogens (tertiary/aromatic N) is 1. The SMILES string of the molecule is Cc1ccc(SC(=S)NC(N)C2=CN=CCN2)cc1. The van der Waals surface area contributed by atoms with Gasteiger partial charge in [0.25, 0.3) is 0 Å². The van der Waals surface area contributed by atoms with Crippen LogP contribution in [0.5, 0.6) is 0 Å². The predicted molar refractivity (Wildman–Crippen MR) is 85.3 cm³/mol. The van der Waals surface area contributed by atoms with Gasteiger partial charge in [0.1, 0.15) is 10.5 Å². The highest BCUT2D eigenvalue weighted by Crippen LogP contribution is 2.19. The van der Waals surface area contributed by atoms with Crippen LogP contribution in [0.3, 0.4) is 0 Å². The molecular formula is C13H16N4S2. The lowest BCUT2D eigenvalue weighted by atomic mass is 10.2. The van der Waals surface area contributed by atoms with Crippen molar-refractivity contribution in [3.8, 4) is 0 Å². The number of nitrogens with one attached hydrogen (secondary N) is 2. The summed E-state index contributed by atoms with van der Waals surface area (Å²) in [5.74, 6) is 0. The molecule has 1 atom stereocenters. The minimum atomic E-state index is -0.358. The highest BCUT2D eigenvalue weighted by molar-refractivity contribution is 8.23. The second-order valence-corrected chi connectivity index (χ2v) is 5.87. The molecule has 4 nitrogen and oxygen atoms in total. The lowest BCUT2D eigenvalue weighted by Gasteiger charge is -2.20. The number of thiocarbonyl (C=S) groups is 1. The van der Waals surface area contributed by atoms with Crippen molar-refractivity contribution < 1.29 is 0 Å². The first-order valence-corrected chi connectivity index (χ1v) is 7.14. The fourth-order valence-electron chi connectivity index (χ4n) is 1.53. The van der Waals surface area contributed by atoms with Crippen LogP contribution in [0.1, 0.15) is 5.56 Å². The van der Waals surface area contributed by atoms with E-state index in [1.165, 1.54) is 17.3 Å². The zero-order valence-corrected chi connectivity index (χ0v) is 12.2. The minimum Gasteiger partial charge on any atom is -0.379 e. The van der Waals surface area contributed by atoms with Gasteiger partial charge in [-0.15, -0.1) is 0 Å². The zero-order chi connectivity index (χ0) is 13.7. The Morgan fingerprint density at radius 1 is 1.47 bits per heavy atom. The normalized spacial score (nSPS) is 15.4. The van der Waals surface area contributed by atoms with Gasteiger partial charge in [-0.3, -0.25) is 4.99 Å². The highest BCUT2D eigenvalue weighted by Gasteiger charge is 2.12. The molecule has 6 heteroatoms. The molecule has 0 saturated heterocycles. The number of aliphatic imine (C=N–C) groups is 1. The molecule has 0 aliphatic carbocycles. The van der Waals surface area contributed by atoms with E-state index in [0.29, 0.717) is 10.9 Å². The molecule has 100 valence electrons. The molecule has 0 bridgehead atoms. The number of hydrogen-bond donors (Lipinski definition) is 3. The van der Waals surface area contributed by atoms with E-state index in [0.717, 1.165) is 10.6 Å². The molecule has 1 aliphatic rings. The van der Waals surface area contributed by atoms with E-state index in [1.807, 2.05) is 12.1 Å². The van der Waals surface area contributed by atoms with Crippen LogP contribution in [0.2, 0.25) is 0 Å².